The normalized spacial score (nSPS) is 28.5. The van der Waals surface area contributed by atoms with Gasteiger partial charge in [0.2, 0.25) is 0 Å². The Morgan fingerprint density at radius 2 is 2.47 bits per heavy atom. The zero-order valence-corrected chi connectivity index (χ0v) is 9.74. The molecular formula is C11H17N3O3. The van der Waals surface area contributed by atoms with Gasteiger partial charge in [0.1, 0.15) is 5.82 Å². The standard InChI is InChI=1S/C11H17N3O3/c1-7-4-8(6-15)17-9(7)5-14-3-2-10(12)13-11(14)16/h2-3,7-9,15H,4-6H2,1H3,(H2,12,13,16)/t7?,8-,9?/m0/s1. The summed E-state index contributed by atoms with van der Waals surface area (Å²) in [7, 11) is 0. The summed E-state index contributed by atoms with van der Waals surface area (Å²) in [6.45, 7) is 2.52. The molecule has 1 aliphatic heterocycles. The summed E-state index contributed by atoms with van der Waals surface area (Å²) in [5.74, 6) is 0.538. The van der Waals surface area contributed by atoms with Gasteiger partial charge in [0.15, 0.2) is 0 Å². The molecule has 6 heteroatoms. The molecule has 2 heterocycles. The van der Waals surface area contributed by atoms with Crippen LogP contribution in [0.1, 0.15) is 13.3 Å². The quantitative estimate of drug-likeness (QED) is 0.749. The van der Waals surface area contributed by atoms with Crippen LogP contribution < -0.4 is 11.4 Å². The van der Waals surface area contributed by atoms with Crippen LogP contribution in [0.15, 0.2) is 17.1 Å². The fourth-order valence-corrected chi connectivity index (χ4v) is 2.12. The van der Waals surface area contributed by atoms with Crippen LogP contribution in [0.4, 0.5) is 5.82 Å². The maximum Gasteiger partial charge on any atom is 0.349 e. The van der Waals surface area contributed by atoms with E-state index in [0.717, 1.165) is 6.42 Å². The number of hydrogen-bond acceptors (Lipinski definition) is 5. The Morgan fingerprint density at radius 3 is 3.06 bits per heavy atom. The summed E-state index contributed by atoms with van der Waals surface area (Å²) in [6, 6.07) is 1.59. The number of aliphatic hydroxyl groups excluding tert-OH is 1. The van der Waals surface area contributed by atoms with E-state index in [-0.39, 0.29) is 30.3 Å². The number of nitrogens with zero attached hydrogens (tertiary/aromatic N) is 2. The predicted octanol–water partition coefficient (Wildman–Crippen LogP) is -0.389. The number of hydrogen-bond donors (Lipinski definition) is 2. The largest absolute Gasteiger partial charge is 0.394 e. The minimum Gasteiger partial charge on any atom is -0.394 e. The van der Waals surface area contributed by atoms with Crippen molar-refractivity contribution in [3.05, 3.63) is 22.7 Å². The third-order valence-corrected chi connectivity index (χ3v) is 3.11. The second kappa shape index (κ2) is 4.85. The average molecular weight is 239 g/mol. The van der Waals surface area contributed by atoms with Crippen molar-refractivity contribution in [1.29, 1.82) is 0 Å². The zero-order valence-electron chi connectivity index (χ0n) is 9.74. The van der Waals surface area contributed by atoms with Gasteiger partial charge in [-0.05, 0) is 18.4 Å². The molecule has 1 aromatic heterocycles. The fourth-order valence-electron chi connectivity index (χ4n) is 2.12. The van der Waals surface area contributed by atoms with Crippen LogP contribution in [-0.4, -0.2) is 33.5 Å². The van der Waals surface area contributed by atoms with Gasteiger partial charge in [-0.1, -0.05) is 6.92 Å². The zero-order chi connectivity index (χ0) is 12.4. The Kier molecular flexibility index (Phi) is 3.44. The molecule has 1 fully saturated rings. The van der Waals surface area contributed by atoms with Crippen molar-refractivity contribution in [3.63, 3.8) is 0 Å². The Labute approximate surface area is 99.0 Å². The number of aliphatic hydroxyl groups is 1. The molecular weight excluding hydrogens is 222 g/mol. The molecule has 0 saturated carbocycles. The van der Waals surface area contributed by atoms with E-state index in [1.54, 1.807) is 12.3 Å². The van der Waals surface area contributed by atoms with Gasteiger partial charge in [-0.3, -0.25) is 4.57 Å². The summed E-state index contributed by atoms with van der Waals surface area (Å²) in [5.41, 5.74) is 5.05. The molecule has 6 nitrogen and oxygen atoms in total. The predicted molar refractivity (Wildman–Crippen MR) is 62.4 cm³/mol. The Bertz CT molecular complexity index is 446. The summed E-state index contributed by atoms with van der Waals surface area (Å²) in [6.07, 6.45) is 2.26. The molecule has 2 rings (SSSR count). The van der Waals surface area contributed by atoms with E-state index in [4.69, 9.17) is 15.6 Å². The first-order chi connectivity index (χ1) is 8.10. The number of aromatic nitrogens is 2. The van der Waals surface area contributed by atoms with Gasteiger partial charge in [-0.15, -0.1) is 0 Å². The molecule has 1 saturated heterocycles. The van der Waals surface area contributed by atoms with Gasteiger partial charge < -0.3 is 15.6 Å². The van der Waals surface area contributed by atoms with Crippen LogP contribution in [0.2, 0.25) is 0 Å². The van der Waals surface area contributed by atoms with Gasteiger partial charge >= 0.3 is 5.69 Å². The Balaban J connectivity index is 2.08. The average Bonchev–Trinajstić information content (AvgIpc) is 2.64. The second-order valence-corrected chi connectivity index (χ2v) is 4.48. The molecule has 0 aromatic carbocycles. The van der Waals surface area contributed by atoms with Gasteiger partial charge in [-0.25, -0.2) is 4.79 Å². The molecule has 17 heavy (non-hydrogen) atoms. The van der Waals surface area contributed by atoms with Crippen molar-refractivity contribution >= 4 is 5.82 Å². The summed E-state index contributed by atoms with van der Waals surface area (Å²) in [4.78, 5) is 15.2. The van der Waals surface area contributed by atoms with Crippen molar-refractivity contribution < 1.29 is 9.84 Å². The van der Waals surface area contributed by atoms with Crippen LogP contribution >= 0.6 is 0 Å². The number of nitrogen functional groups attached to an aromatic ring is 1. The first-order valence-electron chi connectivity index (χ1n) is 5.69. The number of nitrogens with two attached hydrogens (primary N) is 1. The minimum atomic E-state index is -0.367. The monoisotopic (exact) mass is 239 g/mol. The van der Waals surface area contributed by atoms with E-state index in [2.05, 4.69) is 11.9 Å². The van der Waals surface area contributed by atoms with E-state index >= 15 is 0 Å². The van der Waals surface area contributed by atoms with Crippen LogP contribution in [0, 0.1) is 5.92 Å². The lowest BCUT2D eigenvalue weighted by atomic mass is 10.0. The van der Waals surface area contributed by atoms with Crippen LogP contribution in [-0.2, 0) is 11.3 Å². The van der Waals surface area contributed by atoms with E-state index in [1.807, 2.05) is 0 Å². The second-order valence-electron chi connectivity index (χ2n) is 4.48. The summed E-state index contributed by atoms with van der Waals surface area (Å²) in [5, 5.41) is 9.04. The number of anilines is 1. The van der Waals surface area contributed by atoms with Gasteiger partial charge in [0, 0.05) is 6.20 Å². The summed E-state index contributed by atoms with van der Waals surface area (Å²) < 4.78 is 7.13. The van der Waals surface area contributed by atoms with Crippen LogP contribution in [0.25, 0.3) is 0 Å². The molecule has 3 N–H and O–H groups in total. The van der Waals surface area contributed by atoms with E-state index in [0.29, 0.717) is 12.5 Å². The van der Waals surface area contributed by atoms with Crippen molar-refractivity contribution in [1.82, 2.24) is 9.55 Å². The molecule has 94 valence electrons. The van der Waals surface area contributed by atoms with Gasteiger partial charge in [-0.2, -0.15) is 4.98 Å². The molecule has 3 atom stereocenters. The molecule has 0 spiro atoms. The maximum absolute atomic E-state index is 11.6. The lowest BCUT2D eigenvalue weighted by molar-refractivity contribution is -0.00174. The first kappa shape index (κ1) is 12.1. The maximum atomic E-state index is 11.6. The summed E-state index contributed by atoms with van der Waals surface area (Å²) >= 11 is 0. The molecule has 1 aliphatic rings. The van der Waals surface area contributed by atoms with Crippen LogP contribution in [0.3, 0.4) is 0 Å². The Hall–Kier alpha value is -1.40. The number of rotatable bonds is 3. The van der Waals surface area contributed by atoms with E-state index < -0.39 is 0 Å². The molecule has 0 bridgehead atoms. The van der Waals surface area contributed by atoms with Gasteiger partial charge in [0.05, 0.1) is 25.4 Å². The van der Waals surface area contributed by atoms with E-state index in [9.17, 15) is 4.79 Å². The Morgan fingerprint density at radius 1 is 1.71 bits per heavy atom. The topological polar surface area (TPSA) is 90.4 Å². The van der Waals surface area contributed by atoms with Crippen molar-refractivity contribution in [2.75, 3.05) is 12.3 Å². The van der Waals surface area contributed by atoms with Crippen molar-refractivity contribution in [2.45, 2.75) is 32.1 Å². The fraction of sp³-hybridized carbons (Fsp3) is 0.636. The minimum absolute atomic E-state index is 0.0235. The molecule has 2 unspecified atom stereocenters. The smallest absolute Gasteiger partial charge is 0.349 e. The third-order valence-electron chi connectivity index (χ3n) is 3.11. The van der Waals surface area contributed by atoms with Crippen molar-refractivity contribution in [2.24, 2.45) is 5.92 Å². The lowest BCUT2D eigenvalue weighted by Gasteiger charge is -2.16. The van der Waals surface area contributed by atoms with E-state index in [1.165, 1.54) is 4.57 Å². The highest BCUT2D eigenvalue weighted by Gasteiger charge is 2.31. The lowest BCUT2D eigenvalue weighted by Crippen LogP contribution is -2.30. The van der Waals surface area contributed by atoms with Crippen LogP contribution in [0.5, 0.6) is 0 Å². The SMILES string of the molecule is CC1C[C@@H](CO)OC1Cn1ccc(N)nc1=O. The first-order valence-corrected chi connectivity index (χ1v) is 5.69. The molecule has 1 aromatic rings. The third kappa shape index (κ3) is 2.65. The number of ether oxygens (including phenoxy) is 1. The van der Waals surface area contributed by atoms with Gasteiger partial charge in [0.25, 0.3) is 0 Å². The molecule has 0 amide bonds. The highest BCUT2D eigenvalue weighted by molar-refractivity contribution is 5.23. The van der Waals surface area contributed by atoms with Crippen molar-refractivity contribution in [3.8, 4) is 0 Å². The highest BCUT2D eigenvalue weighted by Crippen LogP contribution is 2.26. The highest BCUT2D eigenvalue weighted by atomic mass is 16.5. The molecule has 0 radical (unpaired) electrons. The molecule has 0 aliphatic carbocycles.